The fraction of sp³-hybridized carbons (Fsp3) is 0.500. The van der Waals surface area contributed by atoms with E-state index in [9.17, 15) is 10.1 Å². The van der Waals surface area contributed by atoms with Crippen molar-refractivity contribution in [2.24, 2.45) is 10.9 Å². The van der Waals surface area contributed by atoms with Gasteiger partial charge in [0, 0.05) is 18.7 Å². The standard InChI is InChI=1S/C12H17N5O3/c1-2-8-4-3-7-16(8)10-6-5-9(17(19)20)11(14-10)12(13)15-18/h5-6,8,18H,2-4,7H2,1H3,(H2,13,15). The van der Waals surface area contributed by atoms with Crippen molar-refractivity contribution in [3.63, 3.8) is 0 Å². The summed E-state index contributed by atoms with van der Waals surface area (Å²) >= 11 is 0. The number of hydrogen-bond acceptors (Lipinski definition) is 6. The second-order valence-corrected chi connectivity index (χ2v) is 4.68. The first-order chi connectivity index (χ1) is 9.58. The molecule has 1 aliphatic heterocycles. The average molecular weight is 279 g/mol. The Morgan fingerprint density at radius 3 is 3.05 bits per heavy atom. The Balaban J connectivity index is 2.44. The monoisotopic (exact) mass is 279 g/mol. The van der Waals surface area contributed by atoms with Gasteiger partial charge in [0.2, 0.25) is 0 Å². The van der Waals surface area contributed by atoms with E-state index >= 15 is 0 Å². The molecule has 1 fully saturated rings. The topological polar surface area (TPSA) is 118 Å². The Morgan fingerprint density at radius 1 is 1.70 bits per heavy atom. The molecule has 8 nitrogen and oxygen atoms in total. The van der Waals surface area contributed by atoms with Gasteiger partial charge in [0.05, 0.1) is 4.92 Å². The van der Waals surface area contributed by atoms with Crippen LogP contribution in [0.4, 0.5) is 11.5 Å². The van der Waals surface area contributed by atoms with Crippen LogP contribution in [0.1, 0.15) is 31.9 Å². The first-order valence-corrected chi connectivity index (χ1v) is 6.48. The van der Waals surface area contributed by atoms with Crippen LogP contribution in [0.3, 0.4) is 0 Å². The van der Waals surface area contributed by atoms with Crippen LogP contribution in [0, 0.1) is 10.1 Å². The molecule has 2 heterocycles. The summed E-state index contributed by atoms with van der Waals surface area (Å²) in [4.78, 5) is 16.7. The lowest BCUT2D eigenvalue weighted by atomic mass is 10.1. The highest BCUT2D eigenvalue weighted by Gasteiger charge is 2.27. The number of nitrogens with zero attached hydrogens (tertiary/aromatic N) is 4. The van der Waals surface area contributed by atoms with Crippen molar-refractivity contribution in [3.05, 3.63) is 27.9 Å². The molecule has 0 radical (unpaired) electrons. The van der Waals surface area contributed by atoms with Gasteiger partial charge in [0.15, 0.2) is 11.5 Å². The summed E-state index contributed by atoms with van der Waals surface area (Å²) in [5, 5.41) is 22.5. The number of aromatic nitrogens is 1. The molecule has 0 saturated carbocycles. The Morgan fingerprint density at radius 2 is 2.45 bits per heavy atom. The molecule has 0 amide bonds. The van der Waals surface area contributed by atoms with E-state index in [1.807, 2.05) is 0 Å². The zero-order valence-corrected chi connectivity index (χ0v) is 11.2. The summed E-state index contributed by atoms with van der Waals surface area (Å²) in [5.41, 5.74) is 5.11. The average Bonchev–Trinajstić information content (AvgIpc) is 2.94. The number of hydrogen-bond donors (Lipinski definition) is 2. The lowest BCUT2D eigenvalue weighted by molar-refractivity contribution is -0.385. The van der Waals surface area contributed by atoms with Crippen molar-refractivity contribution in [1.82, 2.24) is 4.98 Å². The smallest absolute Gasteiger partial charge is 0.298 e. The number of pyridine rings is 1. The summed E-state index contributed by atoms with van der Waals surface area (Å²) < 4.78 is 0. The summed E-state index contributed by atoms with van der Waals surface area (Å²) in [6, 6.07) is 3.34. The Kier molecular flexibility index (Phi) is 4.02. The van der Waals surface area contributed by atoms with Crippen LogP contribution in [0.15, 0.2) is 17.3 Å². The minimum atomic E-state index is -0.592. The highest BCUT2D eigenvalue weighted by molar-refractivity contribution is 5.99. The molecule has 2 rings (SSSR count). The zero-order chi connectivity index (χ0) is 14.7. The van der Waals surface area contributed by atoms with Gasteiger partial charge in [-0.1, -0.05) is 12.1 Å². The number of rotatable bonds is 4. The van der Waals surface area contributed by atoms with Gasteiger partial charge >= 0.3 is 0 Å². The second-order valence-electron chi connectivity index (χ2n) is 4.68. The first-order valence-electron chi connectivity index (χ1n) is 6.48. The third-order valence-corrected chi connectivity index (χ3v) is 3.55. The van der Waals surface area contributed by atoms with Gasteiger partial charge in [-0.15, -0.1) is 0 Å². The molecule has 0 bridgehead atoms. The Labute approximate surface area is 116 Å². The largest absolute Gasteiger partial charge is 0.409 e. The molecular formula is C12H17N5O3. The van der Waals surface area contributed by atoms with Gasteiger partial charge in [-0.3, -0.25) is 10.1 Å². The van der Waals surface area contributed by atoms with E-state index in [2.05, 4.69) is 22.0 Å². The Hall–Kier alpha value is -2.38. The van der Waals surface area contributed by atoms with E-state index in [1.54, 1.807) is 6.07 Å². The third kappa shape index (κ3) is 2.49. The highest BCUT2D eigenvalue weighted by atomic mass is 16.6. The molecule has 1 atom stereocenters. The summed E-state index contributed by atoms with van der Waals surface area (Å²) in [7, 11) is 0. The molecule has 1 aromatic rings. The summed E-state index contributed by atoms with van der Waals surface area (Å²) in [5.74, 6) is 0.271. The molecular weight excluding hydrogens is 262 g/mol. The van der Waals surface area contributed by atoms with Gasteiger partial charge in [-0.25, -0.2) is 4.98 Å². The highest BCUT2D eigenvalue weighted by Crippen LogP contribution is 2.28. The SMILES string of the molecule is CCC1CCCN1c1ccc([N+](=O)[O-])c(/C(N)=N/O)n1. The third-order valence-electron chi connectivity index (χ3n) is 3.55. The minimum Gasteiger partial charge on any atom is -0.409 e. The molecule has 20 heavy (non-hydrogen) atoms. The van der Waals surface area contributed by atoms with Crippen LogP contribution in [0.5, 0.6) is 0 Å². The van der Waals surface area contributed by atoms with Crippen LogP contribution in [0.25, 0.3) is 0 Å². The maximum atomic E-state index is 11.0. The van der Waals surface area contributed by atoms with E-state index in [-0.39, 0.29) is 17.2 Å². The zero-order valence-electron chi connectivity index (χ0n) is 11.2. The van der Waals surface area contributed by atoms with Gasteiger partial charge in [0.25, 0.3) is 5.69 Å². The molecule has 0 spiro atoms. The van der Waals surface area contributed by atoms with E-state index in [4.69, 9.17) is 10.9 Å². The normalized spacial score (nSPS) is 19.4. The lowest BCUT2D eigenvalue weighted by Gasteiger charge is -2.24. The molecule has 1 unspecified atom stereocenters. The number of nitrogens with two attached hydrogens (primary N) is 1. The van der Waals surface area contributed by atoms with Crippen LogP contribution >= 0.6 is 0 Å². The number of oxime groups is 1. The maximum Gasteiger partial charge on any atom is 0.298 e. The van der Waals surface area contributed by atoms with Crippen molar-refractivity contribution in [2.75, 3.05) is 11.4 Å². The molecule has 1 aliphatic rings. The van der Waals surface area contributed by atoms with E-state index in [0.29, 0.717) is 11.9 Å². The van der Waals surface area contributed by atoms with E-state index in [1.165, 1.54) is 6.07 Å². The maximum absolute atomic E-state index is 11.0. The van der Waals surface area contributed by atoms with Gasteiger partial charge in [0.1, 0.15) is 5.82 Å². The molecule has 108 valence electrons. The minimum absolute atomic E-state index is 0.100. The van der Waals surface area contributed by atoms with Crippen LogP contribution in [0.2, 0.25) is 0 Å². The number of nitro groups is 1. The summed E-state index contributed by atoms with van der Waals surface area (Å²) in [6.45, 7) is 2.96. The van der Waals surface area contributed by atoms with Crippen molar-refractivity contribution >= 4 is 17.3 Å². The molecule has 0 aliphatic carbocycles. The van der Waals surface area contributed by atoms with Crippen LogP contribution in [-0.2, 0) is 0 Å². The first kappa shape index (κ1) is 14.0. The van der Waals surface area contributed by atoms with Gasteiger partial charge < -0.3 is 15.8 Å². The molecule has 1 aromatic heterocycles. The van der Waals surface area contributed by atoms with Crippen molar-refractivity contribution < 1.29 is 10.1 Å². The van der Waals surface area contributed by atoms with E-state index < -0.39 is 4.92 Å². The fourth-order valence-electron chi connectivity index (χ4n) is 2.55. The van der Waals surface area contributed by atoms with Crippen molar-refractivity contribution in [3.8, 4) is 0 Å². The molecule has 3 N–H and O–H groups in total. The number of amidine groups is 1. The van der Waals surface area contributed by atoms with Gasteiger partial charge in [-0.05, 0) is 25.3 Å². The Bertz CT molecular complexity index is 546. The summed E-state index contributed by atoms with van der Waals surface area (Å²) in [6.07, 6.45) is 3.13. The lowest BCUT2D eigenvalue weighted by Crippen LogP contribution is -2.30. The van der Waals surface area contributed by atoms with Crippen molar-refractivity contribution in [1.29, 1.82) is 0 Å². The van der Waals surface area contributed by atoms with Gasteiger partial charge in [-0.2, -0.15) is 0 Å². The second kappa shape index (κ2) is 5.72. The fourth-order valence-corrected chi connectivity index (χ4v) is 2.55. The molecule has 0 aromatic carbocycles. The number of anilines is 1. The van der Waals surface area contributed by atoms with Crippen LogP contribution in [-0.4, -0.2) is 33.5 Å². The molecule has 1 saturated heterocycles. The van der Waals surface area contributed by atoms with Crippen LogP contribution < -0.4 is 10.6 Å². The predicted octanol–water partition coefficient (Wildman–Crippen LogP) is 1.46. The predicted molar refractivity (Wildman–Crippen MR) is 74.1 cm³/mol. The van der Waals surface area contributed by atoms with Crippen molar-refractivity contribution in [2.45, 2.75) is 32.2 Å². The quantitative estimate of drug-likeness (QED) is 0.283. The molecule has 8 heteroatoms. The van der Waals surface area contributed by atoms with E-state index in [0.717, 1.165) is 25.8 Å².